The maximum Gasteiger partial charge on any atom is 0.101 e. The van der Waals surface area contributed by atoms with E-state index in [-0.39, 0.29) is 6.10 Å². The van der Waals surface area contributed by atoms with Crippen molar-refractivity contribution < 1.29 is 5.11 Å². The Morgan fingerprint density at radius 3 is 2.79 bits per heavy atom. The summed E-state index contributed by atoms with van der Waals surface area (Å²) in [6.45, 7) is 10.4. The number of aliphatic hydroxyl groups excluding tert-OH is 1. The van der Waals surface area contributed by atoms with Crippen molar-refractivity contribution in [1.82, 2.24) is 14.7 Å². The second-order valence-electron chi connectivity index (χ2n) is 7.67. The first-order valence-electron chi connectivity index (χ1n) is 9.29. The monoisotopic (exact) mass is 329 g/mol. The van der Waals surface area contributed by atoms with Gasteiger partial charge in [-0.15, -0.1) is 0 Å². The molecule has 0 radical (unpaired) electrons. The number of allylic oxidation sites excluding steroid dienone is 3. The highest BCUT2D eigenvalue weighted by Crippen LogP contribution is 2.40. The van der Waals surface area contributed by atoms with Gasteiger partial charge in [0.2, 0.25) is 0 Å². The quantitative estimate of drug-likeness (QED) is 0.773. The summed E-state index contributed by atoms with van der Waals surface area (Å²) in [5.74, 6) is 0.449. The van der Waals surface area contributed by atoms with Gasteiger partial charge in [-0.05, 0) is 58.4 Å². The molecule has 0 unspecified atom stereocenters. The Labute approximate surface area is 145 Å². The molecule has 1 aromatic heterocycles. The van der Waals surface area contributed by atoms with Crippen molar-refractivity contribution in [3.63, 3.8) is 0 Å². The van der Waals surface area contributed by atoms with Crippen LogP contribution in [0, 0.1) is 5.92 Å². The molecule has 1 aliphatic carbocycles. The minimum Gasteiger partial charge on any atom is -0.386 e. The fourth-order valence-corrected chi connectivity index (χ4v) is 3.27. The van der Waals surface area contributed by atoms with Crippen molar-refractivity contribution in [2.75, 3.05) is 13.1 Å². The normalized spacial score (nSPS) is 19.9. The highest BCUT2D eigenvalue weighted by molar-refractivity contribution is 5.16. The second kappa shape index (κ2) is 7.66. The van der Waals surface area contributed by atoms with E-state index in [0.29, 0.717) is 5.92 Å². The van der Waals surface area contributed by atoms with E-state index in [4.69, 9.17) is 0 Å². The largest absolute Gasteiger partial charge is 0.386 e. The Kier molecular flexibility index (Phi) is 5.57. The molecule has 1 saturated carbocycles. The highest BCUT2D eigenvalue weighted by atomic mass is 16.3. The van der Waals surface area contributed by atoms with Crippen LogP contribution in [-0.2, 0) is 13.1 Å². The van der Waals surface area contributed by atoms with Crippen molar-refractivity contribution in [1.29, 1.82) is 0 Å². The van der Waals surface area contributed by atoms with Crippen LogP contribution in [0.5, 0.6) is 0 Å². The van der Waals surface area contributed by atoms with Gasteiger partial charge in [-0.3, -0.25) is 9.58 Å². The topological polar surface area (TPSA) is 41.3 Å². The second-order valence-corrected chi connectivity index (χ2v) is 7.67. The molecule has 24 heavy (non-hydrogen) atoms. The Morgan fingerprint density at radius 1 is 1.29 bits per heavy atom. The molecule has 1 fully saturated rings. The lowest BCUT2D eigenvalue weighted by Crippen LogP contribution is -2.34. The lowest BCUT2D eigenvalue weighted by atomic mass is 10.1. The standard InChI is InChI=1S/C20H31N3O/c1-15(2)5-4-6-16(3)9-10-22-11-12-23-18(14-22)13-19(21-23)20(24)17-7-8-17/h5,9,13,17,20,24H,4,6-8,10-12,14H2,1-3H3/b16-9+/t20-/m0/s1. The average molecular weight is 329 g/mol. The third-order valence-electron chi connectivity index (χ3n) is 5.06. The van der Waals surface area contributed by atoms with Crippen molar-refractivity contribution in [3.05, 3.63) is 40.8 Å². The maximum atomic E-state index is 10.3. The van der Waals surface area contributed by atoms with E-state index in [2.05, 4.69) is 53.7 Å². The smallest absolute Gasteiger partial charge is 0.101 e. The summed E-state index contributed by atoms with van der Waals surface area (Å²) in [6, 6.07) is 2.11. The van der Waals surface area contributed by atoms with Gasteiger partial charge in [0.15, 0.2) is 0 Å². The third-order valence-corrected chi connectivity index (χ3v) is 5.06. The molecule has 2 aliphatic rings. The molecule has 1 aromatic rings. The number of rotatable bonds is 7. The summed E-state index contributed by atoms with van der Waals surface area (Å²) in [6.07, 6.45) is 8.90. The number of fused-ring (bicyclic) bond motifs is 1. The lowest BCUT2D eigenvalue weighted by Gasteiger charge is -2.26. The number of hydrogen-bond donors (Lipinski definition) is 1. The molecular weight excluding hydrogens is 298 g/mol. The Hall–Kier alpha value is -1.39. The number of aromatic nitrogens is 2. The van der Waals surface area contributed by atoms with Gasteiger partial charge in [-0.2, -0.15) is 5.10 Å². The van der Waals surface area contributed by atoms with Gasteiger partial charge in [0, 0.05) is 19.6 Å². The predicted octanol–water partition coefficient (Wildman–Crippen LogP) is 3.83. The van der Waals surface area contributed by atoms with E-state index in [1.54, 1.807) is 0 Å². The van der Waals surface area contributed by atoms with Crippen LogP contribution in [0.25, 0.3) is 0 Å². The minimum absolute atomic E-state index is 0.353. The zero-order chi connectivity index (χ0) is 17.1. The van der Waals surface area contributed by atoms with Crippen molar-refractivity contribution in [2.24, 2.45) is 5.92 Å². The molecule has 4 heteroatoms. The molecule has 4 nitrogen and oxygen atoms in total. The van der Waals surface area contributed by atoms with Gasteiger partial charge in [0.25, 0.3) is 0 Å². The van der Waals surface area contributed by atoms with Crippen LogP contribution >= 0.6 is 0 Å². The van der Waals surface area contributed by atoms with Crippen LogP contribution < -0.4 is 0 Å². The molecule has 1 aliphatic heterocycles. The zero-order valence-electron chi connectivity index (χ0n) is 15.3. The molecule has 1 N–H and O–H groups in total. The SMILES string of the molecule is CC(C)=CCC/C(C)=C/CN1CCn2nc([C@@H](O)C3CC3)cc2C1. The van der Waals surface area contributed by atoms with Crippen LogP contribution in [0.15, 0.2) is 29.4 Å². The number of aliphatic hydroxyl groups is 1. The van der Waals surface area contributed by atoms with Crippen molar-refractivity contribution in [3.8, 4) is 0 Å². The van der Waals surface area contributed by atoms with E-state index in [0.717, 1.165) is 57.6 Å². The predicted molar refractivity (Wildman–Crippen MR) is 97.6 cm³/mol. The van der Waals surface area contributed by atoms with Gasteiger partial charge < -0.3 is 5.11 Å². The zero-order valence-corrected chi connectivity index (χ0v) is 15.3. The summed E-state index contributed by atoms with van der Waals surface area (Å²) in [4.78, 5) is 2.47. The molecule has 0 saturated heterocycles. The minimum atomic E-state index is -0.353. The Bertz CT molecular complexity index is 621. The molecule has 132 valence electrons. The van der Waals surface area contributed by atoms with E-state index in [1.807, 2.05) is 0 Å². The number of hydrogen-bond acceptors (Lipinski definition) is 3. The van der Waals surface area contributed by atoms with Gasteiger partial charge in [-0.25, -0.2) is 0 Å². The molecule has 0 amide bonds. The molecule has 0 bridgehead atoms. The van der Waals surface area contributed by atoms with Crippen molar-refractivity contribution in [2.45, 2.75) is 65.6 Å². The molecule has 2 heterocycles. The van der Waals surface area contributed by atoms with Crippen LogP contribution in [0.1, 0.15) is 63.9 Å². The van der Waals surface area contributed by atoms with Gasteiger partial charge in [0.05, 0.1) is 17.9 Å². The first-order valence-corrected chi connectivity index (χ1v) is 9.29. The summed E-state index contributed by atoms with van der Waals surface area (Å²) < 4.78 is 2.09. The van der Waals surface area contributed by atoms with Crippen LogP contribution in [0.4, 0.5) is 0 Å². The summed E-state index contributed by atoms with van der Waals surface area (Å²) in [7, 11) is 0. The average Bonchev–Trinajstić information content (AvgIpc) is 3.30. The van der Waals surface area contributed by atoms with E-state index in [1.165, 1.54) is 16.8 Å². The number of nitrogens with zero attached hydrogens (tertiary/aromatic N) is 3. The van der Waals surface area contributed by atoms with Gasteiger partial charge in [0.1, 0.15) is 6.10 Å². The molecule has 0 spiro atoms. The van der Waals surface area contributed by atoms with Crippen LogP contribution in [0.2, 0.25) is 0 Å². The molecule has 3 rings (SSSR count). The molecule has 1 atom stereocenters. The van der Waals surface area contributed by atoms with E-state index in [9.17, 15) is 5.11 Å². The Morgan fingerprint density at radius 2 is 2.08 bits per heavy atom. The highest BCUT2D eigenvalue weighted by Gasteiger charge is 2.33. The first-order chi connectivity index (χ1) is 11.5. The van der Waals surface area contributed by atoms with Crippen LogP contribution in [-0.4, -0.2) is 32.9 Å². The fraction of sp³-hybridized carbons (Fsp3) is 0.650. The first kappa shape index (κ1) is 17.4. The van der Waals surface area contributed by atoms with E-state index >= 15 is 0 Å². The summed E-state index contributed by atoms with van der Waals surface area (Å²) in [5.41, 5.74) is 4.99. The molecule has 0 aromatic carbocycles. The maximum absolute atomic E-state index is 10.3. The van der Waals surface area contributed by atoms with E-state index < -0.39 is 0 Å². The fourth-order valence-electron chi connectivity index (χ4n) is 3.27. The Balaban J connectivity index is 1.52. The lowest BCUT2D eigenvalue weighted by molar-refractivity contribution is 0.147. The third kappa shape index (κ3) is 4.58. The molecular formula is C20H31N3O. The summed E-state index contributed by atoms with van der Waals surface area (Å²) >= 11 is 0. The van der Waals surface area contributed by atoms with Gasteiger partial charge >= 0.3 is 0 Å². The van der Waals surface area contributed by atoms with Gasteiger partial charge in [-0.1, -0.05) is 23.3 Å². The van der Waals surface area contributed by atoms with Crippen molar-refractivity contribution >= 4 is 0 Å². The summed E-state index contributed by atoms with van der Waals surface area (Å²) in [5, 5.41) is 14.9. The van der Waals surface area contributed by atoms with Crippen LogP contribution in [0.3, 0.4) is 0 Å².